The van der Waals surface area contributed by atoms with E-state index in [1.54, 1.807) is 41.3 Å². The molecule has 3 aromatic carbocycles. The lowest BCUT2D eigenvalue weighted by Gasteiger charge is -2.31. The molecule has 0 unspecified atom stereocenters. The molecule has 0 aromatic heterocycles. The summed E-state index contributed by atoms with van der Waals surface area (Å²) in [5.74, 6) is -0.803. The van der Waals surface area contributed by atoms with E-state index in [0.717, 1.165) is 48.8 Å². The maximum absolute atomic E-state index is 13.8. The predicted octanol–water partition coefficient (Wildman–Crippen LogP) is 5.15. The zero-order chi connectivity index (χ0) is 30.0. The molecular formula is C33H40FN3O4S. The highest BCUT2D eigenvalue weighted by molar-refractivity contribution is 7.89. The Kier molecular flexibility index (Phi) is 11.3. The van der Waals surface area contributed by atoms with Gasteiger partial charge < -0.3 is 10.2 Å². The van der Waals surface area contributed by atoms with Crippen molar-refractivity contribution in [3.05, 3.63) is 101 Å². The number of unbranched alkanes of at least 4 members (excludes halogenated alkanes) is 2. The first-order chi connectivity index (χ1) is 20.2. The highest BCUT2D eigenvalue weighted by Gasteiger charge is 2.30. The maximum atomic E-state index is 13.8. The van der Waals surface area contributed by atoms with Crippen LogP contribution in [-0.4, -0.2) is 43.8 Å². The van der Waals surface area contributed by atoms with E-state index in [0.29, 0.717) is 19.4 Å². The number of nitrogens with zero attached hydrogens (tertiary/aromatic N) is 1. The third kappa shape index (κ3) is 9.49. The standard InChI is InChI=1S/C33H40FN3O4S/c1-2-3-7-22-35-33(39)31(23-26-8-5-4-6-9-26)37(24-27-10-15-28(34)16-11-27)32(38)21-14-25-12-19-30(20-13-25)42(40,41)36-29-17-18-29/h4-6,8-13,15-16,19-20,29,31,36H,2-3,7,14,17-18,21-24H2,1H3,(H,35,39)/t31-/m0/s1. The predicted molar refractivity (Wildman–Crippen MR) is 162 cm³/mol. The van der Waals surface area contributed by atoms with Gasteiger partial charge in [-0.2, -0.15) is 0 Å². The summed E-state index contributed by atoms with van der Waals surface area (Å²) in [7, 11) is -3.55. The number of aryl methyl sites for hydroxylation is 1. The van der Waals surface area contributed by atoms with Gasteiger partial charge in [0.05, 0.1) is 4.90 Å². The first-order valence-electron chi connectivity index (χ1n) is 14.7. The minimum Gasteiger partial charge on any atom is -0.354 e. The van der Waals surface area contributed by atoms with Crippen molar-refractivity contribution in [1.82, 2.24) is 14.9 Å². The van der Waals surface area contributed by atoms with Gasteiger partial charge in [0.1, 0.15) is 11.9 Å². The van der Waals surface area contributed by atoms with Crippen LogP contribution >= 0.6 is 0 Å². The molecule has 4 rings (SSSR count). The number of carbonyl (C=O) groups is 2. The van der Waals surface area contributed by atoms with Crippen LogP contribution < -0.4 is 10.0 Å². The Bertz CT molecular complexity index is 1410. The molecule has 9 heteroatoms. The molecule has 2 N–H and O–H groups in total. The summed E-state index contributed by atoms with van der Waals surface area (Å²) in [4.78, 5) is 29.2. The number of benzene rings is 3. The fraction of sp³-hybridized carbons (Fsp3) is 0.394. The topological polar surface area (TPSA) is 95.6 Å². The Balaban J connectivity index is 1.52. The number of hydrogen-bond donors (Lipinski definition) is 2. The third-order valence-corrected chi connectivity index (χ3v) is 8.91. The third-order valence-electron chi connectivity index (χ3n) is 7.38. The highest BCUT2D eigenvalue weighted by atomic mass is 32.2. The van der Waals surface area contributed by atoms with Gasteiger partial charge in [-0.25, -0.2) is 17.5 Å². The molecule has 42 heavy (non-hydrogen) atoms. The first-order valence-corrected chi connectivity index (χ1v) is 16.2. The molecule has 7 nitrogen and oxygen atoms in total. The normalized spacial score (nSPS) is 13.9. The maximum Gasteiger partial charge on any atom is 0.243 e. The zero-order valence-corrected chi connectivity index (χ0v) is 24.9. The van der Waals surface area contributed by atoms with Crippen molar-refractivity contribution in [2.75, 3.05) is 6.54 Å². The summed E-state index contributed by atoms with van der Waals surface area (Å²) in [5, 5.41) is 3.02. The van der Waals surface area contributed by atoms with E-state index in [1.807, 2.05) is 30.3 Å². The average molecular weight is 594 g/mol. The second kappa shape index (κ2) is 15.1. The van der Waals surface area contributed by atoms with Crippen molar-refractivity contribution in [2.45, 2.75) is 81.8 Å². The molecule has 224 valence electrons. The van der Waals surface area contributed by atoms with Gasteiger partial charge in [0.15, 0.2) is 0 Å². The number of hydrogen-bond acceptors (Lipinski definition) is 4. The van der Waals surface area contributed by atoms with Crippen molar-refractivity contribution < 1.29 is 22.4 Å². The lowest BCUT2D eigenvalue weighted by Crippen LogP contribution is -2.50. The lowest BCUT2D eigenvalue weighted by molar-refractivity contribution is -0.141. The van der Waals surface area contributed by atoms with E-state index in [9.17, 15) is 22.4 Å². The molecule has 0 radical (unpaired) electrons. The second-order valence-corrected chi connectivity index (χ2v) is 12.6. The summed E-state index contributed by atoms with van der Waals surface area (Å²) in [5.41, 5.74) is 2.47. The van der Waals surface area contributed by atoms with Crippen LogP contribution in [0, 0.1) is 5.82 Å². The van der Waals surface area contributed by atoms with Gasteiger partial charge >= 0.3 is 0 Å². The minimum absolute atomic E-state index is 0.0204. The Hall–Kier alpha value is -3.56. The number of sulfonamides is 1. The van der Waals surface area contributed by atoms with Crippen LogP contribution in [0.5, 0.6) is 0 Å². The average Bonchev–Trinajstić information content (AvgIpc) is 3.81. The molecule has 0 bridgehead atoms. The molecule has 1 saturated carbocycles. The summed E-state index contributed by atoms with van der Waals surface area (Å²) in [6.07, 6.45) is 5.45. The molecular weight excluding hydrogens is 553 g/mol. The molecule has 1 fully saturated rings. The molecule has 2 amide bonds. The molecule has 3 aromatic rings. The molecule has 0 saturated heterocycles. The molecule has 0 aliphatic heterocycles. The number of halogens is 1. The first kappa shape index (κ1) is 31.4. The van der Waals surface area contributed by atoms with Crippen molar-refractivity contribution in [3.8, 4) is 0 Å². The number of carbonyl (C=O) groups excluding carboxylic acids is 2. The van der Waals surface area contributed by atoms with E-state index >= 15 is 0 Å². The van der Waals surface area contributed by atoms with E-state index in [4.69, 9.17) is 0 Å². The fourth-order valence-electron chi connectivity index (χ4n) is 4.76. The summed E-state index contributed by atoms with van der Waals surface area (Å²) >= 11 is 0. The largest absolute Gasteiger partial charge is 0.354 e. The highest BCUT2D eigenvalue weighted by Crippen LogP contribution is 2.23. The Morgan fingerprint density at radius 1 is 0.905 bits per heavy atom. The smallest absolute Gasteiger partial charge is 0.243 e. The van der Waals surface area contributed by atoms with Gasteiger partial charge in [-0.15, -0.1) is 0 Å². The molecule has 1 aliphatic carbocycles. The Labute approximate surface area is 248 Å². The van der Waals surface area contributed by atoms with Crippen LogP contribution in [0.3, 0.4) is 0 Å². The number of amides is 2. The second-order valence-electron chi connectivity index (χ2n) is 10.9. The van der Waals surface area contributed by atoms with Gasteiger partial charge in [0, 0.05) is 32.0 Å². The molecule has 1 atom stereocenters. The van der Waals surface area contributed by atoms with Crippen molar-refractivity contribution in [2.24, 2.45) is 0 Å². The molecule has 0 heterocycles. The van der Waals surface area contributed by atoms with Gasteiger partial charge in [0.25, 0.3) is 0 Å². The van der Waals surface area contributed by atoms with E-state index in [-0.39, 0.29) is 41.5 Å². The quantitative estimate of drug-likeness (QED) is 0.225. The van der Waals surface area contributed by atoms with Gasteiger partial charge in [-0.3, -0.25) is 9.59 Å². The van der Waals surface area contributed by atoms with E-state index in [1.165, 1.54) is 12.1 Å². The summed E-state index contributed by atoms with van der Waals surface area (Å²) in [6.45, 7) is 2.78. The van der Waals surface area contributed by atoms with Crippen LogP contribution in [0.15, 0.2) is 83.8 Å². The van der Waals surface area contributed by atoms with E-state index < -0.39 is 16.1 Å². The van der Waals surface area contributed by atoms with Crippen molar-refractivity contribution >= 4 is 21.8 Å². The van der Waals surface area contributed by atoms with Crippen LogP contribution in [0.1, 0.15) is 62.1 Å². The Morgan fingerprint density at radius 3 is 2.21 bits per heavy atom. The molecule has 1 aliphatic rings. The van der Waals surface area contributed by atoms with Gasteiger partial charge in [-0.1, -0.05) is 74.4 Å². The molecule has 0 spiro atoms. The van der Waals surface area contributed by atoms with Crippen LogP contribution in [-0.2, 0) is 39.0 Å². The van der Waals surface area contributed by atoms with Crippen LogP contribution in [0.25, 0.3) is 0 Å². The monoisotopic (exact) mass is 593 g/mol. The number of nitrogens with one attached hydrogen (secondary N) is 2. The summed E-state index contributed by atoms with van der Waals surface area (Å²) < 4.78 is 41.3. The van der Waals surface area contributed by atoms with Crippen molar-refractivity contribution in [1.29, 1.82) is 0 Å². The Morgan fingerprint density at radius 2 is 1.57 bits per heavy atom. The summed E-state index contributed by atoms with van der Waals surface area (Å²) in [6, 6.07) is 21.4. The lowest BCUT2D eigenvalue weighted by atomic mass is 10.0. The van der Waals surface area contributed by atoms with Crippen molar-refractivity contribution in [3.63, 3.8) is 0 Å². The van der Waals surface area contributed by atoms with Gasteiger partial charge in [0.2, 0.25) is 21.8 Å². The van der Waals surface area contributed by atoms with Crippen LogP contribution in [0.2, 0.25) is 0 Å². The van der Waals surface area contributed by atoms with Crippen LogP contribution in [0.4, 0.5) is 4.39 Å². The van der Waals surface area contributed by atoms with Gasteiger partial charge in [-0.05, 0) is 66.6 Å². The SMILES string of the molecule is CCCCCNC(=O)[C@H](Cc1ccccc1)N(Cc1ccc(F)cc1)C(=O)CCc1ccc(S(=O)(=O)NC2CC2)cc1. The van der Waals surface area contributed by atoms with E-state index in [2.05, 4.69) is 17.0 Å². The minimum atomic E-state index is -3.55. The fourth-order valence-corrected chi connectivity index (χ4v) is 6.07. The zero-order valence-electron chi connectivity index (χ0n) is 24.1. The number of rotatable bonds is 16.